The molecule has 0 radical (unpaired) electrons. The van der Waals surface area contributed by atoms with E-state index in [-0.39, 0.29) is 12.2 Å². The topological polar surface area (TPSA) is 55.6 Å². The number of ether oxygens (including phenoxy) is 1. The van der Waals surface area contributed by atoms with E-state index < -0.39 is 0 Å². The zero-order valence-electron chi connectivity index (χ0n) is 14.8. The summed E-state index contributed by atoms with van der Waals surface area (Å²) in [7, 11) is 1.76. The second-order valence-electron chi connectivity index (χ2n) is 7.18. The van der Waals surface area contributed by atoms with Crippen LogP contribution < -0.4 is 10.6 Å². The van der Waals surface area contributed by atoms with Crippen molar-refractivity contribution in [3.63, 3.8) is 0 Å². The molecule has 1 aliphatic rings. The first kappa shape index (κ1) is 17.8. The number of anilines is 1. The standard InChI is InChI=1S/C19H30N2O2/c1-13(2)17-9-8-14(3)10-18(17)23-19(22)21(4)16-7-5-6-15(11-16)12-20/h5-7,11,13-14,17-18H,8-10,12,20H2,1-4H3/t14-,17+,18-/m1/s1. The van der Waals surface area contributed by atoms with E-state index in [4.69, 9.17) is 10.5 Å². The number of amides is 1. The summed E-state index contributed by atoms with van der Waals surface area (Å²) in [5.41, 5.74) is 7.51. The maximum atomic E-state index is 12.6. The van der Waals surface area contributed by atoms with Crippen molar-refractivity contribution in [1.29, 1.82) is 0 Å². The first-order valence-electron chi connectivity index (χ1n) is 8.65. The molecule has 1 aromatic carbocycles. The second kappa shape index (κ2) is 7.82. The Kier molecular flexibility index (Phi) is 6.05. The maximum Gasteiger partial charge on any atom is 0.414 e. The number of nitrogens with two attached hydrogens (primary N) is 1. The van der Waals surface area contributed by atoms with Crippen LogP contribution in [0.1, 0.15) is 45.6 Å². The molecule has 0 bridgehead atoms. The number of benzene rings is 1. The van der Waals surface area contributed by atoms with Crippen LogP contribution >= 0.6 is 0 Å². The Morgan fingerprint density at radius 2 is 2.13 bits per heavy atom. The Bertz CT molecular complexity index is 530. The molecule has 0 heterocycles. The second-order valence-corrected chi connectivity index (χ2v) is 7.18. The highest BCUT2D eigenvalue weighted by molar-refractivity contribution is 5.87. The smallest absolute Gasteiger partial charge is 0.414 e. The van der Waals surface area contributed by atoms with Gasteiger partial charge in [0.05, 0.1) is 0 Å². The first-order chi connectivity index (χ1) is 10.9. The van der Waals surface area contributed by atoms with E-state index in [1.807, 2.05) is 24.3 Å². The molecule has 3 atom stereocenters. The summed E-state index contributed by atoms with van der Waals surface area (Å²) in [5.74, 6) is 1.61. The van der Waals surface area contributed by atoms with Gasteiger partial charge in [-0.2, -0.15) is 0 Å². The van der Waals surface area contributed by atoms with E-state index in [0.717, 1.165) is 24.1 Å². The van der Waals surface area contributed by atoms with E-state index in [9.17, 15) is 4.79 Å². The van der Waals surface area contributed by atoms with Crippen LogP contribution in [-0.2, 0) is 11.3 Å². The zero-order chi connectivity index (χ0) is 17.0. The SMILES string of the molecule is CC(C)[C@@H]1CC[C@@H](C)C[C@H]1OC(=O)N(C)c1cccc(CN)c1. The lowest BCUT2D eigenvalue weighted by Gasteiger charge is -2.37. The minimum absolute atomic E-state index is 0.0198. The quantitative estimate of drug-likeness (QED) is 0.906. The molecule has 0 saturated heterocycles. The molecular weight excluding hydrogens is 288 g/mol. The summed E-state index contributed by atoms with van der Waals surface area (Å²) < 4.78 is 5.88. The normalized spacial score (nSPS) is 24.5. The number of hydrogen-bond acceptors (Lipinski definition) is 3. The highest BCUT2D eigenvalue weighted by Crippen LogP contribution is 2.35. The fraction of sp³-hybridized carbons (Fsp3) is 0.632. The molecule has 23 heavy (non-hydrogen) atoms. The summed E-state index contributed by atoms with van der Waals surface area (Å²) in [4.78, 5) is 14.1. The van der Waals surface area contributed by atoms with Crippen molar-refractivity contribution < 1.29 is 9.53 Å². The molecule has 1 amide bonds. The Morgan fingerprint density at radius 3 is 2.78 bits per heavy atom. The highest BCUT2D eigenvalue weighted by Gasteiger charge is 2.34. The molecule has 4 heteroatoms. The number of hydrogen-bond donors (Lipinski definition) is 1. The third-order valence-corrected chi connectivity index (χ3v) is 5.02. The molecule has 0 unspecified atom stereocenters. The molecular formula is C19H30N2O2. The lowest BCUT2D eigenvalue weighted by Crippen LogP contribution is -2.39. The van der Waals surface area contributed by atoms with Gasteiger partial charge in [0, 0.05) is 19.3 Å². The van der Waals surface area contributed by atoms with Crippen LogP contribution in [0.3, 0.4) is 0 Å². The highest BCUT2D eigenvalue weighted by atomic mass is 16.6. The van der Waals surface area contributed by atoms with Crippen molar-refractivity contribution in [2.75, 3.05) is 11.9 Å². The number of carbonyl (C=O) groups is 1. The van der Waals surface area contributed by atoms with E-state index in [1.54, 1.807) is 11.9 Å². The third kappa shape index (κ3) is 4.47. The van der Waals surface area contributed by atoms with E-state index in [0.29, 0.717) is 24.3 Å². The molecule has 1 saturated carbocycles. The van der Waals surface area contributed by atoms with Crippen LogP contribution in [0.25, 0.3) is 0 Å². The van der Waals surface area contributed by atoms with Crippen molar-refractivity contribution in [3.8, 4) is 0 Å². The van der Waals surface area contributed by atoms with Crippen molar-refractivity contribution in [1.82, 2.24) is 0 Å². The van der Waals surface area contributed by atoms with Gasteiger partial charge in [0.1, 0.15) is 6.10 Å². The predicted molar refractivity (Wildman–Crippen MR) is 94.3 cm³/mol. The van der Waals surface area contributed by atoms with E-state index >= 15 is 0 Å². The zero-order valence-corrected chi connectivity index (χ0v) is 14.8. The minimum atomic E-state index is -0.274. The summed E-state index contributed by atoms with van der Waals surface area (Å²) in [6.07, 6.45) is 3.08. The van der Waals surface area contributed by atoms with Crippen LogP contribution in [0.2, 0.25) is 0 Å². The molecule has 4 nitrogen and oxygen atoms in total. The van der Waals surface area contributed by atoms with Crippen molar-refractivity contribution in [3.05, 3.63) is 29.8 Å². The lowest BCUT2D eigenvalue weighted by atomic mass is 9.75. The Hall–Kier alpha value is -1.55. The molecule has 2 rings (SSSR count). The van der Waals surface area contributed by atoms with Crippen LogP contribution in [0.15, 0.2) is 24.3 Å². The molecule has 0 aromatic heterocycles. The predicted octanol–water partition coefficient (Wildman–Crippen LogP) is 4.18. The number of carbonyl (C=O) groups excluding carboxylic acids is 1. The van der Waals surface area contributed by atoms with Gasteiger partial charge in [-0.3, -0.25) is 4.90 Å². The molecule has 1 aliphatic carbocycles. The van der Waals surface area contributed by atoms with Crippen LogP contribution in [0.4, 0.5) is 10.5 Å². The molecule has 2 N–H and O–H groups in total. The Balaban J connectivity index is 2.06. The van der Waals surface area contributed by atoms with Crippen LogP contribution in [0.5, 0.6) is 0 Å². The Labute approximate surface area is 140 Å². The summed E-state index contributed by atoms with van der Waals surface area (Å²) in [6, 6.07) is 7.72. The lowest BCUT2D eigenvalue weighted by molar-refractivity contribution is 0.00990. The van der Waals surface area contributed by atoms with Crippen molar-refractivity contribution >= 4 is 11.8 Å². The van der Waals surface area contributed by atoms with Gasteiger partial charge in [-0.1, -0.05) is 39.3 Å². The molecule has 0 aliphatic heterocycles. The molecule has 1 aromatic rings. The first-order valence-corrected chi connectivity index (χ1v) is 8.65. The van der Waals surface area contributed by atoms with Gasteiger partial charge in [-0.25, -0.2) is 4.79 Å². The minimum Gasteiger partial charge on any atom is -0.446 e. The van der Waals surface area contributed by atoms with Crippen molar-refractivity contribution in [2.24, 2.45) is 23.5 Å². The number of nitrogens with zero attached hydrogens (tertiary/aromatic N) is 1. The molecule has 128 valence electrons. The average molecular weight is 318 g/mol. The fourth-order valence-electron chi connectivity index (χ4n) is 3.46. The summed E-state index contributed by atoms with van der Waals surface area (Å²) >= 11 is 0. The fourth-order valence-corrected chi connectivity index (χ4v) is 3.46. The van der Waals surface area contributed by atoms with Gasteiger partial charge in [-0.05, 0) is 48.3 Å². The van der Waals surface area contributed by atoms with E-state index in [1.165, 1.54) is 6.42 Å². The third-order valence-electron chi connectivity index (χ3n) is 5.02. The van der Waals surface area contributed by atoms with Gasteiger partial charge in [0.2, 0.25) is 0 Å². The maximum absolute atomic E-state index is 12.6. The summed E-state index contributed by atoms with van der Waals surface area (Å²) in [5, 5.41) is 0. The molecule has 1 fully saturated rings. The van der Waals surface area contributed by atoms with Gasteiger partial charge in [-0.15, -0.1) is 0 Å². The van der Waals surface area contributed by atoms with Gasteiger partial charge in [0.15, 0.2) is 0 Å². The van der Waals surface area contributed by atoms with Gasteiger partial charge < -0.3 is 10.5 Å². The average Bonchev–Trinajstić information content (AvgIpc) is 2.53. The van der Waals surface area contributed by atoms with Crippen molar-refractivity contribution in [2.45, 2.75) is 52.7 Å². The largest absolute Gasteiger partial charge is 0.446 e. The van der Waals surface area contributed by atoms with E-state index in [2.05, 4.69) is 20.8 Å². The van der Waals surface area contributed by atoms with Crippen LogP contribution in [-0.4, -0.2) is 19.2 Å². The monoisotopic (exact) mass is 318 g/mol. The summed E-state index contributed by atoms with van der Waals surface area (Å²) in [6.45, 7) is 7.14. The van der Waals surface area contributed by atoms with Crippen LogP contribution in [0, 0.1) is 17.8 Å². The van der Waals surface area contributed by atoms with Gasteiger partial charge >= 0.3 is 6.09 Å². The molecule has 0 spiro atoms. The number of rotatable bonds is 4. The Morgan fingerprint density at radius 1 is 1.39 bits per heavy atom. The van der Waals surface area contributed by atoms with Gasteiger partial charge in [0.25, 0.3) is 0 Å².